The summed E-state index contributed by atoms with van der Waals surface area (Å²) in [5.41, 5.74) is 0. The predicted molar refractivity (Wildman–Crippen MR) is 96.2 cm³/mol. The summed E-state index contributed by atoms with van der Waals surface area (Å²) >= 11 is 0. The molecule has 0 radical (unpaired) electrons. The first-order valence-corrected chi connectivity index (χ1v) is 7.30. The molecule has 0 aliphatic rings. The predicted octanol–water partition coefficient (Wildman–Crippen LogP) is 2.26. The highest BCUT2D eigenvalue weighted by Crippen LogP contribution is 1.88. The van der Waals surface area contributed by atoms with E-state index in [-0.39, 0.29) is 24.0 Å². The fourth-order valence-electron chi connectivity index (χ4n) is 1.33. The van der Waals surface area contributed by atoms with Crippen molar-refractivity contribution in [3.05, 3.63) is 0 Å². The van der Waals surface area contributed by atoms with Crippen LogP contribution in [0.5, 0.6) is 0 Å². The lowest BCUT2D eigenvalue weighted by Crippen LogP contribution is -2.40. The van der Waals surface area contributed by atoms with Crippen LogP contribution in [0.25, 0.3) is 0 Å². The van der Waals surface area contributed by atoms with Gasteiger partial charge in [0.1, 0.15) is 0 Å². The smallest absolute Gasteiger partial charge is 0.191 e. The zero-order valence-electron chi connectivity index (χ0n) is 13.4. The van der Waals surface area contributed by atoms with Gasteiger partial charge in [0.25, 0.3) is 0 Å². The maximum Gasteiger partial charge on any atom is 0.191 e. The lowest BCUT2D eigenvalue weighted by atomic mass is 10.2. The molecule has 0 fully saturated rings. The SMILES string of the molecule is CCCCOCCOCCNC(=NC)NCC(C)C.I. The van der Waals surface area contributed by atoms with Gasteiger partial charge in [-0.1, -0.05) is 27.2 Å². The number of nitrogens with zero attached hydrogens (tertiary/aromatic N) is 1. The highest BCUT2D eigenvalue weighted by atomic mass is 127. The number of guanidine groups is 1. The summed E-state index contributed by atoms with van der Waals surface area (Å²) in [5.74, 6) is 1.44. The van der Waals surface area contributed by atoms with Gasteiger partial charge >= 0.3 is 0 Å². The van der Waals surface area contributed by atoms with Gasteiger partial charge in [0, 0.05) is 26.7 Å². The Balaban J connectivity index is 0. The van der Waals surface area contributed by atoms with E-state index < -0.39 is 0 Å². The number of hydrogen-bond acceptors (Lipinski definition) is 3. The van der Waals surface area contributed by atoms with Crippen LogP contribution in [0.3, 0.4) is 0 Å². The van der Waals surface area contributed by atoms with Gasteiger partial charge in [-0.2, -0.15) is 0 Å². The Morgan fingerprint density at radius 1 is 1.05 bits per heavy atom. The molecule has 0 rings (SSSR count). The average molecular weight is 401 g/mol. The van der Waals surface area contributed by atoms with Crippen molar-refractivity contribution in [2.45, 2.75) is 33.6 Å². The van der Waals surface area contributed by atoms with Crippen LogP contribution < -0.4 is 10.6 Å². The lowest BCUT2D eigenvalue weighted by Gasteiger charge is -2.13. The summed E-state index contributed by atoms with van der Waals surface area (Å²) in [4.78, 5) is 4.14. The van der Waals surface area contributed by atoms with Gasteiger partial charge in [-0.15, -0.1) is 24.0 Å². The van der Waals surface area contributed by atoms with E-state index in [1.807, 2.05) is 0 Å². The average Bonchev–Trinajstić information content (AvgIpc) is 2.40. The van der Waals surface area contributed by atoms with Crippen LogP contribution in [0.2, 0.25) is 0 Å². The molecule has 0 saturated heterocycles. The third-order valence-corrected chi connectivity index (χ3v) is 2.45. The zero-order valence-corrected chi connectivity index (χ0v) is 15.7. The maximum atomic E-state index is 5.46. The molecule has 0 bridgehead atoms. The highest BCUT2D eigenvalue weighted by molar-refractivity contribution is 14.0. The first-order valence-electron chi connectivity index (χ1n) is 7.30. The number of unbranched alkanes of at least 4 members (excludes halogenated alkanes) is 1. The van der Waals surface area contributed by atoms with Crippen LogP contribution in [0.15, 0.2) is 4.99 Å². The van der Waals surface area contributed by atoms with Crippen molar-refractivity contribution in [2.24, 2.45) is 10.9 Å². The second-order valence-electron chi connectivity index (χ2n) is 4.85. The molecule has 20 heavy (non-hydrogen) atoms. The molecule has 5 nitrogen and oxygen atoms in total. The number of halogens is 1. The summed E-state index contributed by atoms with van der Waals surface area (Å²) < 4.78 is 10.9. The molecule has 0 unspecified atom stereocenters. The Bertz CT molecular complexity index is 226. The first kappa shape index (κ1) is 22.2. The van der Waals surface area contributed by atoms with E-state index >= 15 is 0 Å². The normalized spacial score (nSPS) is 11.3. The van der Waals surface area contributed by atoms with Crippen LogP contribution in [0.4, 0.5) is 0 Å². The van der Waals surface area contributed by atoms with Gasteiger partial charge in [-0.25, -0.2) is 0 Å². The Morgan fingerprint density at radius 3 is 2.25 bits per heavy atom. The van der Waals surface area contributed by atoms with E-state index in [0.29, 0.717) is 25.7 Å². The molecule has 0 aromatic rings. The number of aliphatic imine (C=N–C) groups is 1. The Labute approximate surface area is 141 Å². The minimum absolute atomic E-state index is 0. The molecule has 2 N–H and O–H groups in total. The third-order valence-electron chi connectivity index (χ3n) is 2.45. The number of hydrogen-bond donors (Lipinski definition) is 2. The molecule has 0 atom stereocenters. The van der Waals surface area contributed by atoms with Crippen molar-refractivity contribution in [3.8, 4) is 0 Å². The number of nitrogens with one attached hydrogen (secondary N) is 2. The van der Waals surface area contributed by atoms with E-state index in [1.54, 1.807) is 7.05 Å². The quantitative estimate of drug-likeness (QED) is 0.241. The molecule has 0 aliphatic heterocycles. The molecular weight excluding hydrogens is 369 g/mol. The van der Waals surface area contributed by atoms with Gasteiger partial charge in [0.05, 0.1) is 19.8 Å². The summed E-state index contributed by atoms with van der Waals surface area (Å²) in [7, 11) is 1.78. The molecule has 0 aliphatic carbocycles. The van der Waals surface area contributed by atoms with E-state index in [0.717, 1.165) is 32.1 Å². The van der Waals surface area contributed by atoms with Gasteiger partial charge < -0.3 is 20.1 Å². The fourth-order valence-corrected chi connectivity index (χ4v) is 1.33. The van der Waals surface area contributed by atoms with Crippen LogP contribution in [-0.2, 0) is 9.47 Å². The molecule has 0 aromatic heterocycles. The maximum absolute atomic E-state index is 5.46. The van der Waals surface area contributed by atoms with Crippen molar-refractivity contribution >= 4 is 29.9 Å². The standard InChI is InChI=1S/C14H31N3O2.HI/c1-5-6-8-18-10-11-19-9-7-16-14(15-4)17-12-13(2)3;/h13H,5-12H2,1-4H3,(H2,15,16,17);1H. The topological polar surface area (TPSA) is 54.9 Å². The molecule has 0 amide bonds. The largest absolute Gasteiger partial charge is 0.379 e. The van der Waals surface area contributed by atoms with Gasteiger partial charge in [0.15, 0.2) is 5.96 Å². The van der Waals surface area contributed by atoms with E-state index in [9.17, 15) is 0 Å². The van der Waals surface area contributed by atoms with Crippen molar-refractivity contribution in [3.63, 3.8) is 0 Å². The molecule has 6 heteroatoms. The van der Waals surface area contributed by atoms with Crippen molar-refractivity contribution in [1.82, 2.24) is 10.6 Å². The Hall–Kier alpha value is -0.0800. The van der Waals surface area contributed by atoms with Gasteiger partial charge in [-0.05, 0) is 12.3 Å². The molecular formula is C14H32IN3O2. The minimum Gasteiger partial charge on any atom is -0.379 e. The summed E-state index contributed by atoms with van der Waals surface area (Å²) in [6.45, 7) is 11.0. The van der Waals surface area contributed by atoms with Gasteiger partial charge in [0.2, 0.25) is 0 Å². The summed E-state index contributed by atoms with van der Waals surface area (Å²) in [6.07, 6.45) is 2.30. The lowest BCUT2D eigenvalue weighted by molar-refractivity contribution is 0.0487. The summed E-state index contributed by atoms with van der Waals surface area (Å²) in [6, 6.07) is 0. The molecule has 0 heterocycles. The van der Waals surface area contributed by atoms with Crippen LogP contribution in [0, 0.1) is 5.92 Å². The second-order valence-corrected chi connectivity index (χ2v) is 4.85. The Morgan fingerprint density at radius 2 is 1.70 bits per heavy atom. The Kier molecular flexibility index (Phi) is 18.8. The molecule has 122 valence electrons. The highest BCUT2D eigenvalue weighted by Gasteiger charge is 1.98. The summed E-state index contributed by atoms with van der Waals surface area (Å²) in [5, 5.41) is 6.46. The molecule has 0 spiro atoms. The third kappa shape index (κ3) is 16.0. The van der Waals surface area contributed by atoms with E-state index in [2.05, 4.69) is 36.4 Å². The van der Waals surface area contributed by atoms with Crippen LogP contribution in [0.1, 0.15) is 33.6 Å². The number of rotatable bonds is 11. The van der Waals surface area contributed by atoms with Crippen molar-refractivity contribution in [1.29, 1.82) is 0 Å². The van der Waals surface area contributed by atoms with E-state index in [4.69, 9.17) is 9.47 Å². The zero-order chi connectivity index (χ0) is 14.3. The van der Waals surface area contributed by atoms with Gasteiger partial charge in [-0.3, -0.25) is 4.99 Å². The van der Waals surface area contributed by atoms with E-state index in [1.165, 1.54) is 6.42 Å². The van der Waals surface area contributed by atoms with Crippen LogP contribution in [-0.4, -0.2) is 52.5 Å². The molecule has 0 saturated carbocycles. The van der Waals surface area contributed by atoms with Crippen molar-refractivity contribution < 1.29 is 9.47 Å². The number of ether oxygens (including phenoxy) is 2. The van der Waals surface area contributed by atoms with Crippen molar-refractivity contribution in [2.75, 3.05) is 46.6 Å². The molecule has 0 aromatic carbocycles. The first-order chi connectivity index (χ1) is 9.20. The minimum atomic E-state index is 0. The van der Waals surface area contributed by atoms with Crippen LogP contribution >= 0.6 is 24.0 Å². The fraction of sp³-hybridized carbons (Fsp3) is 0.929. The monoisotopic (exact) mass is 401 g/mol. The second kappa shape index (κ2) is 17.0.